The molecule has 1 aliphatic heterocycles. The van der Waals surface area contributed by atoms with Crippen molar-refractivity contribution in [2.75, 3.05) is 13.1 Å². The molecule has 0 spiro atoms. The third kappa shape index (κ3) is 2.26. The number of halogens is 2. The molecule has 1 fully saturated rings. The van der Waals surface area contributed by atoms with E-state index in [1.165, 1.54) is 0 Å². The molecule has 1 rings (SSSR count). The lowest BCUT2D eigenvalue weighted by atomic mass is 10.2. The van der Waals surface area contributed by atoms with Gasteiger partial charge in [-0.1, -0.05) is 0 Å². The summed E-state index contributed by atoms with van der Waals surface area (Å²) in [4.78, 5) is 0. The predicted octanol–water partition coefficient (Wildman–Crippen LogP) is 1.05. The molecule has 9 heavy (non-hydrogen) atoms. The second kappa shape index (κ2) is 3.11. The van der Waals surface area contributed by atoms with Crippen LogP contribution in [-0.2, 0) is 0 Å². The van der Waals surface area contributed by atoms with Gasteiger partial charge in [0.15, 0.2) is 0 Å². The maximum Gasteiger partial charge on any atom is 0.113 e. The van der Waals surface area contributed by atoms with Crippen LogP contribution in [0.5, 0.6) is 0 Å². The van der Waals surface area contributed by atoms with Gasteiger partial charge in [-0.25, -0.2) is 8.78 Å². The van der Waals surface area contributed by atoms with Gasteiger partial charge in [-0.2, -0.15) is 0 Å². The van der Waals surface area contributed by atoms with Crippen LogP contribution in [0.4, 0.5) is 8.78 Å². The fourth-order valence-electron chi connectivity index (χ4n) is 0.962. The Morgan fingerprint density at radius 1 is 1.00 bits per heavy atom. The summed E-state index contributed by atoms with van der Waals surface area (Å²) in [5.41, 5.74) is 0. The summed E-state index contributed by atoms with van der Waals surface area (Å²) in [6.45, 7) is 0.640. The molecule has 0 aromatic carbocycles. The minimum absolute atomic E-state index is 0.320. The molecule has 0 radical (unpaired) electrons. The summed E-state index contributed by atoms with van der Waals surface area (Å²) >= 11 is 0. The number of nitrogens with one attached hydrogen (secondary N) is 1. The van der Waals surface area contributed by atoms with Crippen LogP contribution in [0.1, 0.15) is 12.8 Å². The minimum atomic E-state index is -0.842. The molecule has 2 unspecified atom stereocenters. The van der Waals surface area contributed by atoms with Gasteiger partial charge >= 0.3 is 0 Å². The van der Waals surface area contributed by atoms with Gasteiger partial charge < -0.3 is 5.32 Å². The average molecular weight is 135 g/mol. The van der Waals surface area contributed by atoms with Crippen LogP contribution >= 0.6 is 0 Å². The molecular formula is C6H11F2N. The zero-order chi connectivity index (χ0) is 6.69. The van der Waals surface area contributed by atoms with E-state index in [-0.39, 0.29) is 0 Å². The first-order valence-electron chi connectivity index (χ1n) is 3.28. The number of rotatable bonds is 0. The molecule has 0 aromatic rings. The number of alkyl halides is 2. The first-order chi connectivity index (χ1) is 4.29. The highest BCUT2D eigenvalue weighted by molar-refractivity contribution is 4.71. The maximum absolute atomic E-state index is 12.4. The van der Waals surface area contributed by atoms with E-state index >= 15 is 0 Å². The summed E-state index contributed by atoms with van der Waals surface area (Å²) in [6.07, 6.45) is -0.945. The van der Waals surface area contributed by atoms with E-state index in [4.69, 9.17) is 0 Å². The van der Waals surface area contributed by atoms with Crippen molar-refractivity contribution in [3.8, 4) is 0 Å². The van der Waals surface area contributed by atoms with E-state index in [2.05, 4.69) is 5.32 Å². The van der Waals surface area contributed by atoms with E-state index in [0.717, 1.165) is 0 Å². The molecule has 0 saturated carbocycles. The van der Waals surface area contributed by atoms with Crippen LogP contribution < -0.4 is 5.32 Å². The maximum atomic E-state index is 12.4. The summed E-state index contributed by atoms with van der Waals surface area (Å²) < 4.78 is 24.8. The first-order valence-corrected chi connectivity index (χ1v) is 3.28. The van der Waals surface area contributed by atoms with E-state index in [9.17, 15) is 8.78 Å². The molecule has 0 amide bonds. The van der Waals surface area contributed by atoms with Crippen molar-refractivity contribution in [1.82, 2.24) is 5.32 Å². The van der Waals surface area contributed by atoms with E-state index < -0.39 is 12.3 Å². The van der Waals surface area contributed by atoms with Crippen LogP contribution in [0.15, 0.2) is 0 Å². The van der Waals surface area contributed by atoms with Gasteiger partial charge in [-0.15, -0.1) is 0 Å². The minimum Gasteiger partial charge on any atom is -0.311 e. The van der Waals surface area contributed by atoms with Gasteiger partial charge in [0.25, 0.3) is 0 Å². The standard InChI is InChI=1S/C6H11F2N/c7-5-1-2-6(8)4-9-3-5/h5-6,9H,1-4H2. The topological polar surface area (TPSA) is 12.0 Å². The monoisotopic (exact) mass is 135 g/mol. The molecule has 1 nitrogen and oxygen atoms in total. The zero-order valence-corrected chi connectivity index (χ0v) is 5.24. The highest BCUT2D eigenvalue weighted by atomic mass is 19.1. The van der Waals surface area contributed by atoms with Crippen LogP contribution in [-0.4, -0.2) is 25.4 Å². The van der Waals surface area contributed by atoms with Gasteiger partial charge in [0.05, 0.1) is 0 Å². The van der Waals surface area contributed by atoms with Gasteiger partial charge in [0, 0.05) is 13.1 Å². The van der Waals surface area contributed by atoms with Crippen molar-refractivity contribution in [1.29, 1.82) is 0 Å². The highest BCUT2D eigenvalue weighted by Crippen LogP contribution is 2.09. The Kier molecular flexibility index (Phi) is 2.39. The van der Waals surface area contributed by atoms with Crippen LogP contribution in [0, 0.1) is 0 Å². The quantitative estimate of drug-likeness (QED) is 0.523. The molecule has 0 aliphatic carbocycles. The van der Waals surface area contributed by atoms with Crippen molar-refractivity contribution in [3.05, 3.63) is 0 Å². The normalized spacial score (nSPS) is 38.0. The molecule has 1 aliphatic rings. The average Bonchev–Trinajstić information content (AvgIpc) is 1.97. The van der Waals surface area contributed by atoms with Gasteiger partial charge in [-0.05, 0) is 12.8 Å². The molecule has 1 N–H and O–H groups in total. The fourth-order valence-corrected chi connectivity index (χ4v) is 0.962. The molecule has 0 bridgehead atoms. The molecule has 1 saturated heterocycles. The molecular weight excluding hydrogens is 124 g/mol. The second-order valence-electron chi connectivity index (χ2n) is 2.43. The first kappa shape index (κ1) is 6.93. The van der Waals surface area contributed by atoms with Crippen LogP contribution in [0.2, 0.25) is 0 Å². The summed E-state index contributed by atoms with van der Waals surface area (Å²) in [5.74, 6) is 0. The van der Waals surface area contributed by atoms with Crippen molar-refractivity contribution in [3.63, 3.8) is 0 Å². The van der Waals surface area contributed by atoms with E-state index in [1.54, 1.807) is 0 Å². The lowest BCUT2D eigenvalue weighted by Gasteiger charge is -1.99. The van der Waals surface area contributed by atoms with E-state index in [1.807, 2.05) is 0 Å². The zero-order valence-electron chi connectivity index (χ0n) is 5.24. The lowest BCUT2D eigenvalue weighted by molar-refractivity contribution is 0.287. The van der Waals surface area contributed by atoms with Gasteiger partial charge in [0.2, 0.25) is 0 Å². The third-order valence-electron chi connectivity index (χ3n) is 1.52. The Morgan fingerprint density at radius 2 is 1.44 bits per heavy atom. The van der Waals surface area contributed by atoms with Gasteiger partial charge in [0.1, 0.15) is 12.3 Å². The molecule has 0 aromatic heterocycles. The second-order valence-corrected chi connectivity index (χ2v) is 2.43. The number of hydrogen-bond donors (Lipinski definition) is 1. The Labute approximate surface area is 53.4 Å². The van der Waals surface area contributed by atoms with E-state index in [0.29, 0.717) is 25.9 Å². The molecule has 1 heterocycles. The summed E-state index contributed by atoms with van der Waals surface area (Å²) in [6, 6.07) is 0. The Morgan fingerprint density at radius 3 is 1.89 bits per heavy atom. The van der Waals surface area contributed by atoms with Crippen LogP contribution in [0.25, 0.3) is 0 Å². The summed E-state index contributed by atoms with van der Waals surface area (Å²) in [5, 5.41) is 2.70. The smallest absolute Gasteiger partial charge is 0.113 e. The largest absolute Gasteiger partial charge is 0.311 e. The van der Waals surface area contributed by atoms with Crippen molar-refractivity contribution >= 4 is 0 Å². The Hall–Kier alpha value is -0.180. The summed E-state index contributed by atoms with van der Waals surface area (Å²) in [7, 11) is 0. The van der Waals surface area contributed by atoms with Crippen molar-refractivity contribution in [2.24, 2.45) is 0 Å². The Bertz CT molecular complexity index is 77.1. The fraction of sp³-hybridized carbons (Fsp3) is 1.00. The highest BCUT2D eigenvalue weighted by Gasteiger charge is 2.15. The third-order valence-corrected chi connectivity index (χ3v) is 1.52. The SMILES string of the molecule is FC1CCC(F)CNC1. The number of hydrogen-bond acceptors (Lipinski definition) is 1. The van der Waals surface area contributed by atoms with Crippen molar-refractivity contribution in [2.45, 2.75) is 25.2 Å². The lowest BCUT2D eigenvalue weighted by Crippen LogP contribution is -2.24. The Balaban J connectivity index is 2.25. The molecule has 3 heteroatoms. The van der Waals surface area contributed by atoms with Crippen molar-refractivity contribution < 1.29 is 8.78 Å². The molecule has 2 atom stereocenters. The van der Waals surface area contributed by atoms with Gasteiger partial charge in [-0.3, -0.25) is 0 Å². The van der Waals surface area contributed by atoms with Crippen LogP contribution in [0.3, 0.4) is 0 Å². The molecule has 54 valence electrons. The predicted molar refractivity (Wildman–Crippen MR) is 31.9 cm³/mol.